The monoisotopic (exact) mass is 564 g/mol. The molecule has 1 aliphatic heterocycles. The molecule has 0 saturated heterocycles. The van der Waals surface area contributed by atoms with E-state index in [2.05, 4.69) is 163 Å². The second-order valence-electron chi connectivity index (χ2n) is 12.3. The van der Waals surface area contributed by atoms with E-state index in [1.165, 1.54) is 44.1 Å². The molecule has 2 heterocycles. The normalized spacial score (nSPS) is 14.8. The summed E-state index contributed by atoms with van der Waals surface area (Å²) >= 11 is 0. The van der Waals surface area contributed by atoms with Crippen molar-refractivity contribution in [3.05, 3.63) is 168 Å². The predicted octanol–water partition coefficient (Wildman–Crippen LogP) is 9.64. The first-order valence-electron chi connectivity index (χ1n) is 15.2. The molecule has 3 heteroatoms. The number of hydrogen-bond acceptors (Lipinski definition) is 1. The molecule has 0 radical (unpaired) electrons. The van der Waals surface area contributed by atoms with E-state index in [1.54, 1.807) is 0 Å². The van der Waals surface area contributed by atoms with Gasteiger partial charge in [-0.05, 0) is 82.9 Å². The van der Waals surface area contributed by atoms with Crippen molar-refractivity contribution >= 4 is 39.2 Å². The summed E-state index contributed by atoms with van der Waals surface area (Å²) in [6.45, 7) is 4.70. The van der Waals surface area contributed by atoms with E-state index in [0.717, 1.165) is 34.2 Å². The highest BCUT2D eigenvalue weighted by atomic mass is 15.2. The SMILES string of the molecule is CC1(C)c2ccccc2-c2cc3c(cc21)c1ccccc1n3-c1cccc(C2=[N+](c3ccccc3)C(c3ccccc3)=N2)c1. The Morgan fingerprint density at radius 1 is 0.545 bits per heavy atom. The summed E-state index contributed by atoms with van der Waals surface area (Å²) in [5, 5.41) is 2.56. The van der Waals surface area contributed by atoms with Gasteiger partial charge in [0.2, 0.25) is 0 Å². The third-order valence-corrected chi connectivity index (χ3v) is 9.42. The molecule has 0 bridgehead atoms. The van der Waals surface area contributed by atoms with Crippen LogP contribution in [0.3, 0.4) is 0 Å². The number of fused-ring (bicyclic) bond motifs is 6. The van der Waals surface area contributed by atoms with E-state index in [1.807, 2.05) is 6.07 Å². The Morgan fingerprint density at radius 3 is 2.09 bits per heavy atom. The van der Waals surface area contributed by atoms with Crippen LogP contribution in [-0.4, -0.2) is 20.8 Å². The highest BCUT2D eigenvalue weighted by molar-refractivity contribution is 6.16. The average molecular weight is 565 g/mol. The van der Waals surface area contributed by atoms with Crippen molar-refractivity contribution in [2.45, 2.75) is 19.3 Å². The first-order valence-corrected chi connectivity index (χ1v) is 15.2. The van der Waals surface area contributed by atoms with E-state index in [0.29, 0.717) is 0 Å². The van der Waals surface area contributed by atoms with Crippen LogP contribution in [0.4, 0.5) is 5.69 Å². The largest absolute Gasteiger partial charge is 0.309 e. The fourth-order valence-electron chi connectivity index (χ4n) is 7.28. The molecule has 0 saturated carbocycles. The molecule has 208 valence electrons. The molecule has 3 nitrogen and oxygen atoms in total. The van der Waals surface area contributed by atoms with Crippen LogP contribution in [0.5, 0.6) is 0 Å². The van der Waals surface area contributed by atoms with Crippen LogP contribution < -0.4 is 0 Å². The number of aromatic nitrogens is 1. The topological polar surface area (TPSA) is 20.3 Å². The van der Waals surface area contributed by atoms with Gasteiger partial charge in [-0.25, -0.2) is 0 Å². The molecule has 0 amide bonds. The Balaban J connectivity index is 1.26. The summed E-state index contributed by atoms with van der Waals surface area (Å²) in [5.74, 6) is 1.92. The summed E-state index contributed by atoms with van der Waals surface area (Å²) in [7, 11) is 0. The summed E-state index contributed by atoms with van der Waals surface area (Å²) in [6.07, 6.45) is 0. The fraction of sp³-hybridized carbons (Fsp3) is 0.0732. The van der Waals surface area contributed by atoms with Crippen molar-refractivity contribution in [3.63, 3.8) is 0 Å². The smallest absolute Gasteiger partial charge is 0.279 e. The van der Waals surface area contributed by atoms with Crippen molar-refractivity contribution in [3.8, 4) is 16.8 Å². The molecular weight excluding hydrogens is 534 g/mol. The molecule has 2 aliphatic rings. The second kappa shape index (κ2) is 9.23. The number of amidine groups is 2. The minimum atomic E-state index is -0.0422. The molecule has 0 N–H and O–H groups in total. The van der Waals surface area contributed by atoms with Gasteiger partial charge in [0.15, 0.2) is 0 Å². The maximum atomic E-state index is 5.10. The Hall–Kier alpha value is -5.54. The van der Waals surface area contributed by atoms with Gasteiger partial charge in [-0.1, -0.05) is 104 Å². The lowest BCUT2D eigenvalue weighted by molar-refractivity contribution is -0.319. The first-order chi connectivity index (χ1) is 21.6. The number of nitrogens with zero attached hydrogens (tertiary/aromatic N) is 3. The van der Waals surface area contributed by atoms with E-state index in [4.69, 9.17) is 4.99 Å². The molecule has 9 rings (SSSR count). The summed E-state index contributed by atoms with van der Waals surface area (Å²) in [6, 6.07) is 52.3. The highest BCUT2D eigenvalue weighted by Gasteiger charge is 2.36. The number of benzene rings is 6. The Bertz CT molecular complexity index is 2340. The van der Waals surface area contributed by atoms with Crippen LogP contribution in [0.2, 0.25) is 0 Å². The maximum absolute atomic E-state index is 5.10. The van der Waals surface area contributed by atoms with E-state index >= 15 is 0 Å². The van der Waals surface area contributed by atoms with Gasteiger partial charge in [-0.15, -0.1) is 0 Å². The lowest BCUT2D eigenvalue weighted by Crippen LogP contribution is -2.34. The lowest BCUT2D eigenvalue weighted by Gasteiger charge is -2.21. The van der Waals surface area contributed by atoms with Gasteiger partial charge in [-0.3, -0.25) is 0 Å². The lowest BCUT2D eigenvalue weighted by atomic mass is 9.82. The maximum Gasteiger partial charge on any atom is 0.279 e. The molecule has 1 aromatic heterocycles. The molecule has 1 aliphatic carbocycles. The van der Waals surface area contributed by atoms with Crippen LogP contribution in [-0.2, 0) is 5.41 Å². The zero-order valence-electron chi connectivity index (χ0n) is 24.7. The van der Waals surface area contributed by atoms with Crippen molar-refractivity contribution in [2.75, 3.05) is 0 Å². The van der Waals surface area contributed by atoms with Crippen molar-refractivity contribution in [2.24, 2.45) is 4.99 Å². The van der Waals surface area contributed by atoms with Crippen LogP contribution in [0.1, 0.15) is 36.1 Å². The van der Waals surface area contributed by atoms with Crippen molar-refractivity contribution < 1.29 is 4.58 Å². The van der Waals surface area contributed by atoms with E-state index < -0.39 is 0 Å². The zero-order valence-corrected chi connectivity index (χ0v) is 24.7. The number of para-hydroxylation sites is 2. The highest BCUT2D eigenvalue weighted by Crippen LogP contribution is 2.50. The average Bonchev–Trinajstić information content (AvgIpc) is 3.49. The van der Waals surface area contributed by atoms with Crippen LogP contribution in [0.25, 0.3) is 38.6 Å². The van der Waals surface area contributed by atoms with E-state index in [-0.39, 0.29) is 5.41 Å². The van der Waals surface area contributed by atoms with Gasteiger partial charge >= 0.3 is 0 Å². The molecule has 0 unspecified atom stereocenters. The third kappa shape index (κ3) is 3.50. The van der Waals surface area contributed by atoms with Gasteiger partial charge in [0.05, 0.1) is 22.2 Å². The minimum absolute atomic E-state index is 0.0422. The van der Waals surface area contributed by atoms with Crippen molar-refractivity contribution in [1.82, 2.24) is 4.57 Å². The molecule has 0 spiro atoms. The summed E-state index contributed by atoms with van der Waals surface area (Å²) < 4.78 is 4.70. The molecular formula is C41H30N3+. The number of rotatable bonds is 4. The Kier molecular flexibility index (Phi) is 5.24. The Labute approximate surface area is 256 Å². The van der Waals surface area contributed by atoms with Crippen LogP contribution in [0, 0.1) is 0 Å². The third-order valence-electron chi connectivity index (χ3n) is 9.42. The van der Waals surface area contributed by atoms with Crippen LogP contribution in [0.15, 0.2) is 151 Å². The van der Waals surface area contributed by atoms with Crippen LogP contribution >= 0.6 is 0 Å². The zero-order chi connectivity index (χ0) is 29.4. The number of hydrogen-bond donors (Lipinski definition) is 0. The van der Waals surface area contributed by atoms with Gasteiger partial charge in [0.25, 0.3) is 11.7 Å². The Morgan fingerprint density at radius 2 is 1.25 bits per heavy atom. The quantitative estimate of drug-likeness (QED) is 0.190. The molecule has 0 atom stereocenters. The molecule has 7 aromatic rings. The predicted molar refractivity (Wildman–Crippen MR) is 182 cm³/mol. The van der Waals surface area contributed by atoms with Gasteiger partial charge in [-0.2, -0.15) is 4.58 Å². The number of aliphatic imine (C=N–C) groups is 1. The fourth-order valence-corrected chi connectivity index (χ4v) is 7.28. The summed E-state index contributed by atoms with van der Waals surface area (Å²) in [4.78, 5) is 5.10. The molecule has 44 heavy (non-hydrogen) atoms. The minimum Gasteiger partial charge on any atom is -0.309 e. The van der Waals surface area contributed by atoms with E-state index in [9.17, 15) is 0 Å². The molecule has 0 fully saturated rings. The second-order valence-corrected chi connectivity index (χ2v) is 12.3. The van der Waals surface area contributed by atoms with Crippen molar-refractivity contribution in [1.29, 1.82) is 0 Å². The van der Waals surface area contributed by atoms with Gasteiger partial charge in [0.1, 0.15) is 5.69 Å². The first kappa shape index (κ1) is 25.0. The standard InChI is InChI=1S/C41H30N3/c1-41(2)35-22-11-9-20-31(35)33-26-38-34(25-36(33)41)32-21-10-12-23-37(32)43(38)30-19-13-16-28(24-30)40-42-39(27-14-5-3-6-15-27)44(40)29-17-7-4-8-18-29/h3-26H,1-2H3/q+1. The molecule has 6 aromatic carbocycles. The van der Waals surface area contributed by atoms with Gasteiger partial charge in [0, 0.05) is 21.9 Å². The van der Waals surface area contributed by atoms with Gasteiger partial charge < -0.3 is 4.57 Å². The summed E-state index contributed by atoms with van der Waals surface area (Å²) in [5.41, 5.74) is 12.3.